The molecule has 30 heavy (non-hydrogen) atoms. The Morgan fingerprint density at radius 2 is 1.93 bits per heavy atom. The van der Waals surface area contributed by atoms with Crippen molar-refractivity contribution in [3.8, 4) is 5.75 Å². The molecule has 0 aromatic heterocycles. The maximum Gasteiger partial charge on any atom is 0.325 e. The summed E-state index contributed by atoms with van der Waals surface area (Å²) in [6.45, 7) is 1.60. The van der Waals surface area contributed by atoms with Crippen LogP contribution in [0.4, 0.5) is 4.79 Å². The SMILES string of the molecule is COc1ccccc1CNC(=O)CN1C(=O)N[C@@](C)(c2ccc3c(c2)CCC3)C1=O. The van der Waals surface area contributed by atoms with Gasteiger partial charge in [0.25, 0.3) is 5.91 Å². The van der Waals surface area contributed by atoms with Gasteiger partial charge >= 0.3 is 6.03 Å². The molecule has 1 aliphatic carbocycles. The number of benzene rings is 2. The van der Waals surface area contributed by atoms with Gasteiger partial charge in [0.15, 0.2) is 0 Å². The Morgan fingerprint density at radius 3 is 2.73 bits per heavy atom. The van der Waals surface area contributed by atoms with Crippen LogP contribution in [0, 0.1) is 0 Å². The summed E-state index contributed by atoms with van der Waals surface area (Å²) in [5.74, 6) is -0.169. The third-order valence-corrected chi connectivity index (χ3v) is 5.92. The van der Waals surface area contributed by atoms with E-state index in [9.17, 15) is 14.4 Å². The smallest absolute Gasteiger partial charge is 0.325 e. The van der Waals surface area contributed by atoms with Crippen LogP contribution in [0.1, 0.15) is 35.6 Å². The summed E-state index contributed by atoms with van der Waals surface area (Å²) in [4.78, 5) is 39.0. The van der Waals surface area contributed by atoms with E-state index in [0.29, 0.717) is 5.75 Å². The Hall–Kier alpha value is -3.35. The second-order valence-corrected chi connectivity index (χ2v) is 7.87. The number of imide groups is 1. The molecule has 1 fully saturated rings. The van der Waals surface area contributed by atoms with Crippen LogP contribution >= 0.6 is 0 Å². The summed E-state index contributed by atoms with van der Waals surface area (Å²) in [6.07, 6.45) is 3.13. The van der Waals surface area contributed by atoms with E-state index < -0.39 is 23.4 Å². The van der Waals surface area contributed by atoms with Crippen molar-refractivity contribution in [3.05, 3.63) is 64.7 Å². The van der Waals surface area contributed by atoms with Crippen molar-refractivity contribution in [3.63, 3.8) is 0 Å². The van der Waals surface area contributed by atoms with Crippen LogP contribution in [0.3, 0.4) is 0 Å². The number of amides is 4. The van der Waals surface area contributed by atoms with E-state index in [2.05, 4.69) is 10.6 Å². The standard InChI is InChI=1S/C23H25N3O4/c1-23(18-11-10-15-7-5-8-16(15)12-18)21(28)26(22(29)25-23)14-20(27)24-13-17-6-3-4-9-19(17)30-2/h3-4,6,9-12H,5,7-8,13-14H2,1-2H3,(H,24,27)(H,25,29)/t23-/m0/s1. The Bertz CT molecular complexity index is 1020. The van der Waals surface area contributed by atoms with Crippen molar-refractivity contribution in [2.24, 2.45) is 0 Å². The molecule has 1 heterocycles. The summed E-state index contributed by atoms with van der Waals surface area (Å²) in [7, 11) is 1.56. The maximum atomic E-state index is 13.1. The van der Waals surface area contributed by atoms with Crippen molar-refractivity contribution in [1.82, 2.24) is 15.5 Å². The first-order valence-corrected chi connectivity index (χ1v) is 10.1. The average Bonchev–Trinajstić information content (AvgIpc) is 3.30. The highest BCUT2D eigenvalue weighted by atomic mass is 16.5. The highest BCUT2D eigenvalue weighted by Crippen LogP contribution is 2.32. The molecule has 7 nitrogen and oxygen atoms in total. The quantitative estimate of drug-likeness (QED) is 0.719. The van der Waals surface area contributed by atoms with Gasteiger partial charge in [0.2, 0.25) is 5.91 Å². The zero-order valence-electron chi connectivity index (χ0n) is 17.2. The van der Waals surface area contributed by atoms with Gasteiger partial charge in [-0.3, -0.25) is 14.5 Å². The number of hydrogen-bond acceptors (Lipinski definition) is 4. The molecule has 4 amide bonds. The summed E-state index contributed by atoms with van der Waals surface area (Å²) in [6, 6.07) is 12.7. The van der Waals surface area contributed by atoms with Gasteiger partial charge in [-0.25, -0.2) is 4.79 Å². The fourth-order valence-electron chi connectivity index (χ4n) is 4.16. The van der Waals surface area contributed by atoms with Gasteiger partial charge in [-0.05, 0) is 48.9 Å². The van der Waals surface area contributed by atoms with Crippen LogP contribution in [0.5, 0.6) is 5.75 Å². The molecule has 1 aliphatic heterocycles. The van der Waals surface area contributed by atoms with Crippen LogP contribution in [0.15, 0.2) is 42.5 Å². The molecule has 7 heteroatoms. The van der Waals surface area contributed by atoms with Crippen molar-refractivity contribution < 1.29 is 19.1 Å². The number of urea groups is 1. The Balaban J connectivity index is 1.44. The van der Waals surface area contributed by atoms with Crippen LogP contribution in [0.2, 0.25) is 0 Å². The molecule has 2 aromatic rings. The second-order valence-electron chi connectivity index (χ2n) is 7.87. The number of para-hydroxylation sites is 1. The van der Waals surface area contributed by atoms with Crippen LogP contribution in [0.25, 0.3) is 0 Å². The molecule has 0 radical (unpaired) electrons. The average molecular weight is 407 g/mol. The number of rotatable bonds is 6. The largest absolute Gasteiger partial charge is 0.496 e. The van der Waals surface area contributed by atoms with E-state index in [1.807, 2.05) is 36.4 Å². The van der Waals surface area contributed by atoms with Gasteiger partial charge in [0.05, 0.1) is 7.11 Å². The molecule has 2 N–H and O–H groups in total. The molecule has 2 aromatic carbocycles. The minimum absolute atomic E-state index is 0.245. The van der Waals surface area contributed by atoms with E-state index in [-0.39, 0.29) is 13.1 Å². The predicted molar refractivity (Wildman–Crippen MR) is 111 cm³/mol. The van der Waals surface area contributed by atoms with Gasteiger partial charge in [-0.2, -0.15) is 0 Å². The molecule has 1 atom stereocenters. The van der Waals surface area contributed by atoms with Gasteiger partial charge < -0.3 is 15.4 Å². The van der Waals surface area contributed by atoms with Crippen molar-refractivity contribution in [1.29, 1.82) is 0 Å². The maximum absolute atomic E-state index is 13.1. The summed E-state index contributed by atoms with van der Waals surface area (Å²) < 4.78 is 5.27. The van der Waals surface area contributed by atoms with Gasteiger partial charge in [-0.1, -0.05) is 36.4 Å². The third kappa shape index (κ3) is 3.51. The molecular weight excluding hydrogens is 382 g/mol. The number of nitrogens with zero attached hydrogens (tertiary/aromatic N) is 1. The van der Waals surface area contributed by atoms with Crippen molar-refractivity contribution >= 4 is 17.8 Å². The molecule has 0 spiro atoms. The second kappa shape index (κ2) is 7.82. The first-order chi connectivity index (χ1) is 14.4. The highest BCUT2D eigenvalue weighted by Gasteiger charge is 2.49. The number of ether oxygens (including phenoxy) is 1. The molecule has 156 valence electrons. The van der Waals surface area contributed by atoms with Crippen molar-refractivity contribution in [2.75, 3.05) is 13.7 Å². The zero-order valence-corrected chi connectivity index (χ0v) is 17.2. The number of methoxy groups -OCH3 is 1. The Morgan fingerprint density at radius 1 is 1.17 bits per heavy atom. The molecule has 0 saturated carbocycles. The third-order valence-electron chi connectivity index (χ3n) is 5.92. The lowest BCUT2D eigenvalue weighted by Crippen LogP contribution is -2.43. The van der Waals surface area contributed by atoms with Crippen molar-refractivity contribution in [2.45, 2.75) is 38.3 Å². The summed E-state index contributed by atoms with van der Waals surface area (Å²) in [5.41, 5.74) is 2.92. The number of fused-ring (bicyclic) bond motifs is 1. The lowest BCUT2D eigenvalue weighted by molar-refractivity contribution is -0.134. The Labute approximate surface area is 175 Å². The monoisotopic (exact) mass is 407 g/mol. The van der Waals surface area contributed by atoms with Crippen LogP contribution in [-0.4, -0.2) is 36.4 Å². The number of carbonyl (C=O) groups is 3. The predicted octanol–water partition coefficient (Wildman–Crippen LogP) is 2.27. The summed E-state index contributed by atoms with van der Waals surface area (Å²) in [5, 5.41) is 5.52. The lowest BCUT2D eigenvalue weighted by Gasteiger charge is -2.23. The molecule has 0 unspecified atom stereocenters. The normalized spacial score (nSPS) is 20.1. The number of aryl methyl sites for hydroxylation is 2. The van der Waals surface area contributed by atoms with E-state index in [4.69, 9.17) is 4.74 Å². The number of carbonyl (C=O) groups excluding carboxylic acids is 3. The van der Waals surface area contributed by atoms with Crippen LogP contribution < -0.4 is 15.4 Å². The fourth-order valence-corrected chi connectivity index (χ4v) is 4.16. The van der Waals surface area contributed by atoms with E-state index in [1.165, 1.54) is 11.1 Å². The Kier molecular flexibility index (Phi) is 5.20. The molecular formula is C23H25N3O4. The first kappa shape index (κ1) is 19.9. The zero-order chi connectivity index (χ0) is 21.3. The number of nitrogens with one attached hydrogen (secondary N) is 2. The van der Waals surface area contributed by atoms with Gasteiger partial charge in [0, 0.05) is 12.1 Å². The van der Waals surface area contributed by atoms with E-state index >= 15 is 0 Å². The fraction of sp³-hybridized carbons (Fsp3) is 0.348. The van der Waals surface area contributed by atoms with Gasteiger partial charge in [0.1, 0.15) is 17.8 Å². The lowest BCUT2D eigenvalue weighted by atomic mass is 9.89. The molecule has 2 aliphatic rings. The number of hydrogen-bond donors (Lipinski definition) is 2. The first-order valence-electron chi connectivity index (χ1n) is 10.1. The van der Waals surface area contributed by atoms with Crippen LogP contribution in [-0.2, 0) is 34.5 Å². The van der Waals surface area contributed by atoms with Gasteiger partial charge in [-0.15, -0.1) is 0 Å². The highest BCUT2D eigenvalue weighted by molar-refractivity contribution is 6.09. The topological polar surface area (TPSA) is 87.7 Å². The minimum atomic E-state index is -1.17. The molecule has 0 bridgehead atoms. The molecule has 4 rings (SSSR count). The summed E-state index contributed by atoms with van der Waals surface area (Å²) >= 11 is 0. The van der Waals surface area contributed by atoms with E-state index in [1.54, 1.807) is 20.1 Å². The van der Waals surface area contributed by atoms with E-state index in [0.717, 1.165) is 35.3 Å². The minimum Gasteiger partial charge on any atom is -0.496 e. The molecule has 1 saturated heterocycles.